The molecule has 0 aliphatic carbocycles. The molecule has 9 nitrogen and oxygen atoms in total. The Balaban J connectivity index is 1.63. The van der Waals surface area contributed by atoms with Gasteiger partial charge in [-0.15, -0.1) is 10.2 Å². The van der Waals surface area contributed by atoms with Crippen molar-refractivity contribution in [3.8, 4) is 17.3 Å². The number of rotatable bonds is 7. The topological polar surface area (TPSA) is 108 Å². The number of carbonyl (C=O) groups is 1. The molecular weight excluding hydrogens is 451 g/mol. The standard InChI is InChI=1S/C22H20ClFN6O3/c1-22(16-9-6-10-17(23)27-16,14-11-26-30(2)21(14)32-3)12-25-18(31)20-29-28-19(33-20)13-7-4-5-8-15(13)24/h4-11H,12H2,1-3H3,(H,25,31). The lowest BCUT2D eigenvalue weighted by atomic mass is 9.80. The molecule has 0 aliphatic heterocycles. The number of benzene rings is 1. The smallest absolute Gasteiger partial charge is 0.308 e. The van der Waals surface area contributed by atoms with Gasteiger partial charge in [-0.05, 0) is 31.2 Å². The highest BCUT2D eigenvalue weighted by Gasteiger charge is 2.36. The molecule has 11 heteroatoms. The number of hydrogen-bond donors (Lipinski definition) is 1. The highest BCUT2D eigenvalue weighted by molar-refractivity contribution is 6.29. The van der Waals surface area contributed by atoms with E-state index in [0.29, 0.717) is 22.3 Å². The van der Waals surface area contributed by atoms with Gasteiger partial charge in [0.25, 0.3) is 5.89 Å². The lowest BCUT2D eigenvalue weighted by molar-refractivity contribution is 0.0912. The summed E-state index contributed by atoms with van der Waals surface area (Å²) in [5.41, 5.74) is 0.533. The monoisotopic (exact) mass is 470 g/mol. The number of nitrogens with one attached hydrogen (secondary N) is 1. The van der Waals surface area contributed by atoms with Gasteiger partial charge in [0.2, 0.25) is 5.88 Å². The van der Waals surface area contributed by atoms with Crippen LogP contribution in [0.25, 0.3) is 11.5 Å². The van der Waals surface area contributed by atoms with Gasteiger partial charge >= 0.3 is 11.8 Å². The Labute approximate surface area is 193 Å². The molecule has 0 saturated heterocycles. The predicted molar refractivity (Wildman–Crippen MR) is 117 cm³/mol. The van der Waals surface area contributed by atoms with Gasteiger partial charge in [-0.1, -0.05) is 29.8 Å². The maximum Gasteiger partial charge on any atom is 0.308 e. The molecule has 0 fully saturated rings. The third-order valence-electron chi connectivity index (χ3n) is 5.28. The largest absolute Gasteiger partial charge is 0.481 e. The van der Waals surface area contributed by atoms with Crippen LogP contribution in [-0.4, -0.2) is 44.5 Å². The van der Waals surface area contributed by atoms with Gasteiger partial charge in [0.15, 0.2) is 0 Å². The zero-order chi connectivity index (χ0) is 23.6. The first-order valence-electron chi connectivity index (χ1n) is 9.89. The van der Waals surface area contributed by atoms with Gasteiger partial charge in [0, 0.05) is 19.2 Å². The molecule has 1 unspecified atom stereocenters. The van der Waals surface area contributed by atoms with E-state index < -0.39 is 17.1 Å². The van der Waals surface area contributed by atoms with E-state index in [1.807, 2.05) is 6.92 Å². The van der Waals surface area contributed by atoms with Crippen molar-refractivity contribution in [1.29, 1.82) is 0 Å². The molecule has 3 aromatic heterocycles. The highest BCUT2D eigenvalue weighted by atomic mass is 35.5. The minimum Gasteiger partial charge on any atom is -0.481 e. The first-order chi connectivity index (χ1) is 15.8. The number of hydrogen-bond acceptors (Lipinski definition) is 7. The molecule has 170 valence electrons. The van der Waals surface area contributed by atoms with Crippen LogP contribution in [0.3, 0.4) is 0 Å². The van der Waals surface area contributed by atoms with Crippen LogP contribution < -0.4 is 10.1 Å². The summed E-state index contributed by atoms with van der Waals surface area (Å²) in [7, 11) is 3.28. The fraction of sp³-hybridized carbons (Fsp3) is 0.227. The maximum atomic E-state index is 14.0. The molecule has 4 aromatic rings. The van der Waals surface area contributed by atoms with E-state index in [0.717, 1.165) is 0 Å². The average Bonchev–Trinajstić information content (AvgIpc) is 3.44. The predicted octanol–water partition coefficient (Wildman–Crippen LogP) is 3.40. The Bertz CT molecular complexity index is 1310. The number of aryl methyl sites for hydroxylation is 1. The molecule has 4 rings (SSSR count). The van der Waals surface area contributed by atoms with E-state index >= 15 is 0 Å². The summed E-state index contributed by atoms with van der Waals surface area (Å²) < 4.78 is 26.5. The van der Waals surface area contributed by atoms with Gasteiger partial charge in [0.1, 0.15) is 11.0 Å². The summed E-state index contributed by atoms with van der Waals surface area (Å²) >= 11 is 6.14. The van der Waals surface area contributed by atoms with Crippen molar-refractivity contribution in [1.82, 2.24) is 30.3 Å². The number of halogens is 2. The van der Waals surface area contributed by atoms with Crippen molar-refractivity contribution in [2.75, 3.05) is 13.7 Å². The lowest BCUT2D eigenvalue weighted by Gasteiger charge is -2.29. The Morgan fingerprint density at radius 2 is 2.03 bits per heavy atom. The van der Waals surface area contributed by atoms with E-state index in [1.54, 1.807) is 48.3 Å². The first kappa shape index (κ1) is 22.4. The number of nitrogens with zero attached hydrogens (tertiary/aromatic N) is 5. The second-order valence-corrected chi connectivity index (χ2v) is 7.83. The molecule has 0 bridgehead atoms. The first-order valence-corrected chi connectivity index (χ1v) is 10.3. The van der Waals surface area contributed by atoms with Crippen LogP contribution in [0.2, 0.25) is 5.15 Å². The van der Waals surface area contributed by atoms with E-state index in [9.17, 15) is 9.18 Å². The molecular formula is C22H20ClFN6O3. The van der Waals surface area contributed by atoms with Crippen molar-refractivity contribution in [2.45, 2.75) is 12.3 Å². The van der Waals surface area contributed by atoms with Crippen LogP contribution in [0, 0.1) is 5.82 Å². The summed E-state index contributed by atoms with van der Waals surface area (Å²) in [6.45, 7) is 1.96. The van der Waals surface area contributed by atoms with Crippen LogP contribution in [0.15, 0.2) is 53.1 Å². The SMILES string of the molecule is COc1c(C(C)(CNC(=O)c2nnc(-c3ccccc3F)o2)c2cccc(Cl)n2)cnn1C. The van der Waals surface area contributed by atoms with Crippen molar-refractivity contribution in [3.05, 3.63) is 76.8 Å². The number of aromatic nitrogens is 5. The second-order valence-electron chi connectivity index (χ2n) is 7.44. The Hall–Kier alpha value is -3.79. The Kier molecular flexibility index (Phi) is 6.10. The molecule has 1 N–H and O–H groups in total. The zero-order valence-electron chi connectivity index (χ0n) is 18.0. The molecule has 1 aromatic carbocycles. The Morgan fingerprint density at radius 1 is 1.24 bits per heavy atom. The van der Waals surface area contributed by atoms with E-state index in [-0.39, 0.29) is 23.9 Å². The van der Waals surface area contributed by atoms with Gasteiger partial charge in [0.05, 0.1) is 30.0 Å². The van der Waals surface area contributed by atoms with Crippen LogP contribution >= 0.6 is 11.6 Å². The molecule has 1 atom stereocenters. The summed E-state index contributed by atoms with van der Waals surface area (Å²) in [5, 5.41) is 14.9. The van der Waals surface area contributed by atoms with Crippen molar-refractivity contribution >= 4 is 17.5 Å². The van der Waals surface area contributed by atoms with Gasteiger partial charge in [-0.2, -0.15) is 5.10 Å². The van der Waals surface area contributed by atoms with Crippen LogP contribution in [0.1, 0.15) is 28.9 Å². The van der Waals surface area contributed by atoms with Crippen LogP contribution in [-0.2, 0) is 12.5 Å². The second kappa shape index (κ2) is 8.99. The summed E-state index contributed by atoms with van der Waals surface area (Å²) in [4.78, 5) is 17.2. The lowest BCUT2D eigenvalue weighted by Crippen LogP contribution is -2.40. The van der Waals surface area contributed by atoms with E-state index in [2.05, 4.69) is 25.6 Å². The number of pyridine rings is 1. The van der Waals surface area contributed by atoms with Gasteiger partial charge < -0.3 is 14.5 Å². The minimum atomic E-state index is -0.867. The molecule has 0 aliphatic rings. The third-order valence-corrected chi connectivity index (χ3v) is 5.49. The van der Waals surface area contributed by atoms with Crippen molar-refractivity contribution < 1.29 is 18.3 Å². The quantitative estimate of drug-likeness (QED) is 0.412. The van der Waals surface area contributed by atoms with E-state index in [4.69, 9.17) is 20.8 Å². The minimum absolute atomic E-state index is 0.0820. The molecule has 33 heavy (non-hydrogen) atoms. The average molecular weight is 471 g/mol. The van der Waals surface area contributed by atoms with Crippen molar-refractivity contribution in [3.63, 3.8) is 0 Å². The molecule has 1 amide bonds. The maximum absolute atomic E-state index is 14.0. The van der Waals surface area contributed by atoms with Gasteiger partial charge in [-0.25, -0.2) is 14.1 Å². The van der Waals surface area contributed by atoms with Gasteiger partial charge in [-0.3, -0.25) is 4.79 Å². The number of amides is 1. The number of methoxy groups -OCH3 is 1. The van der Waals surface area contributed by atoms with Crippen LogP contribution in [0.5, 0.6) is 5.88 Å². The van der Waals surface area contributed by atoms with Crippen LogP contribution in [0.4, 0.5) is 4.39 Å². The van der Waals surface area contributed by atoms with Crippen molar-refractivity contribution in [2.24, 2.45) is 7.05 Å². The summed E-state index contributed by atoms with van der Waals surface area (Å²) in [6, 6.07) is 11.2. The van der Waals surface area contributed by atoms with E-state index in [1.165, 1.54) is 19.2 Å². The third kappa shape index (κ3) is 4.29. The molecule has 0 radical (unpaired) electrons. The molecule has 3 heterocycles. The molecule has 0 saturated carbocycles. The zero-order valence-corrected chi connectivity index (χ0v) is 18.8. The summed E-state index contributed by atoms with van der Waals surface area (Å²) in [6.07, 6.45) is 1.65. The highest BCUT2D eigenvalue weighted by Crippen LogP contribution is 2.36. The number of carbonyl (C=O) groups excluding carboxylic acids is 1. The number of ether oxygens (including phenoxy) is 1. The molecule has 0 spiro atoms. The summed E-state index contributed by atoms with van der Waals surface area (Å²) in [5.74, 6) is -1.04. The fourth-order valence-electron chi connectivity index (χ4n) is 3.48. The Morgan fingerprint density at radius 3 is 2.76 bits per heavy atom. The normalized spacial score (nSPS) is 12.9. The fourth-order valence-corrected chi connectivity index (χ4v) is 3.64.